The molecule has 1 aromatic carbocycles. The molecule has 2 aliphatic heterocycles. The van der Waals surface area contributed by atoms with Gasteiger partial charge in [-0.05, 0) is 49.9 Å². The Hall–Kier alpha value is -2.32. The van der Waals surface area contributed by atoms with Crippen molar-refractivity contribution in [2.45, 2.75) is 50.8 Å². The number of thioether (sulfide) groups is 1. The van der Waals surface area contributed by atoms with Crippen molar-refractivity contribution >= 4 is 29.4 Å². The summed E-state index contributed by atoms with van der Waals surface area (Å²) in [6.45, 7) is 5.36. The molecule has 154 valence electrons. The molecule has 2 amide bonds. The number of aryl methyl sites for hydroxylation is 2. The first kappa shape index (κ1) is 20.0. The highest BCUT2D eigenvalue weighted by atomic mass is 32.2. The van der Waals surface area contributed by atoms with Crippen molar-refractivity contribution in [2.24, 2.45) is 0 Å². The predicted molar refractivity (Wildman–Crippen MR) is 113 cm³/mol. The van der Waals surface area contributed by atoms with E-state index in [2.05, 4.69) is 15.7 Å². The highest BCUT2D eigenvalue weighted by Gasteiger charge is 2.25. The molecule has 29 heavy (non-hydrogen) atoms. The molecule has 0 radical (unpaired) electrons. The molecular formula is C21H26N4O3S. The maximum absolute atomic E-state index is 12.8. The van der Waals surface area contributed by atoms with E-state index < -0.39 is 0 Å². The summed E-state index contributed by atoms with van der Waals surface area (Å²) in [6, 6.07) is 5.65. The number of hydrogen-bond acceptors (Lipinski definition) is 5. The van der Waals surface area contributed by atoms with Gasteiger partial charge in [0.05, 0.1) is 11.8 Å². The summed E-state index contributed by atoms with van der Waals surface area (Å²) in [6.07, 6.45) is 2.12. The molecule has 4 rings (SSSR count). The number of ether oxygens (including phenoxy) is 1. The number of benzene rings is 1. The van der Waals surface area contributed by atoms with Crippen molar-refractivity contribution in [3.8, 4) is 0 Å². The molecular weight excluding hydrogens is 388 g/mol. The molecule has 1 saturated heterocycles. The molecule has 1 aromatic heterocycles. The van der Waals surface area contributed by atoms with Crippen LogP contribution in [0.3, 0.4) is 0 Å². The number of carbonyl (C=O) groups excluding carboxylic acids is 2. The Morgan fingerprint density at radius 2 is 2.14 bits per heavy atom. The van der Waals surface area contributed by atoms with E-state index in [9.17, 15) is 9.59 Å². The Balaban J connectivity index is 1.48. The van der Waals surface area contributed by atoms with E-state index in [0.29, 0.717) is 17.9 Å². The van der Waals surface area contributed by atoms with Crippen LogP contribution in [0.4, 0.5) is 5.82 Å². The van der Waals surface area contributed by atoms with Gasteiger partial charge in [0.1, 0.15) is 12.4 Å². The van der Waals surface area contributed by atoms with E-state index in [0.717, 1.165) is 53.3 Å². The first-order chi connectivity index (χ1) is 14.0. The van der Waals surface area contributed by atoms with E-state index in [1.807, 2.05) is 32.0 Å². The molecule has 0 unspecified atom stereocenters. The number of rotatable bonds is 6. The fraction of sp³-hybridized carbons (Fsp3) is 0.476. The van der Waals surface area contributed by atoms with Crippen LogP contribution in [-0.2, 0) is 27.6 Å². The maximum atomic E-state index is 12.8. The first-order valence-corrected chi connectivity index (χ1v) is 11.1. The van der Waals surface area contributed by atoms with Gasteiger partial charge in [0, 0.05) is 35.8 Å². The minimum Gasteiger partial charge on any atom is -0.376 e. The highest BCUT2D eigenvalue weighted by molar-refractivity contribution is 7.98. The summed E-state index contributed by atoms with van der Waals surface area (Å²) < 4.78 is 7.17. The van der Waals surface area contributed by atoms with Crippen LogP contribution >= 0.6 is 11.8 Å². The lowest BCUT2D eigenvalue weighted by Gasteiger charge is -2.13. The predicted octanol–water partition coefficient (Wildman–Crippen LogP) is 2.79. The van der Waals surface area contributed by atoms with Crippen molar-refractivity contribution < 1.29 is 14.3 Å². The number of fused-ring (bicyclic) bond motifs is 1. The average Bonchev–Trinajstić information content (AvgIpc) is 3.42. The van der Waals surface area contributed by atoms with Gasteiger partial charge < -0.3 is 15.4 Å². The summed E-state index contributed by atoms with van der Waals surface area (Å²) in [7, 11) is 0. The summed E-state index contributed by atoms with van der Waals surface area (Å²) in [5.41, 5.74) is 4.77. The number of nitrogens with zero attached hydrogens (tertiary/aromatic N) is 2. The third-order valence-corrected chi connectivity index (χ3v) is 6.43. The van der Waals surface area contributed by atoms with E-state index in [4.69, 9.17) is 4.74 Å². The summed E-state index contributed by atoms with van der Waals surface area (Å²) >= 11 is 1.76. The van der Waals surface area contributed by atoms with Crippen LogP contribution in [-0.4, -0.2) is 40.9 Å². The Bertz CT molecular complexity index is 934. The lowest BCUT2D eigenvalue weighted by Crippen LogP contribution is -2.34. The number of nitrogens with one attached hydrogen (secondary N) is 2. The summed E-state index contributed by atoms with van der Waals surface area (Å²) in [5.74, 6) is 1.90. The molecule has 7 nitrogen and oxygen atoms in total. The van der Waals surface area contributed by atoms with Gasteiger partial charge in [-0.2, -0.15) is 16.9 Å². The van der Waals surface area contributed by atoms with Crippen LogP contribution < -0.4 is 10.6 Å². The molecule has 0 bridgehead atoms. The zero-order valence-corrected chi connectivity index (χ0v) is 17.6. The summed E-state index contributed by atoms with van der Waals surface area (Å²) in [4.78, 5) is 25.3. The zero-order chi connectivity index (χ0) is 20.4. The Morgan fingerprint density at radius 3 is 2.90 bits per heavy atom. The van der Waals surface area contributed by atoms with Crippen LogP contribution in [0.15, 0.2) is 18.2 Å². The SMILES string of the molecule is Cc1ccc(C(=O)Nc2c3c(nn2CC(=O)NC[C@H]2CCCO2)CSC3)cc1C. The van der Waals surface area contributed by atoms with Crippen LogP contribution in [0.5, 0.6) is 0 Å². The number of carbonyl (C=O) groups is 2. The quantitative estimate of drug-likeness (QED) is 0.759. The smallest absolute Gasteiger partial charge is 0.256 e. The monoisotopic (exact) mass is 414 g/mol. The van der Waals surface area contributed by atoms with Crippen molar-refractivity contribution in [3.63, 3.8) is 0 Å². The van der Waals surface area contributed by atoms with Gasteiger partial charge in [-0.3, -0.25) is 9.59 Å². The second-order valence-electron chi connectivity index (χ2n) is 7.62. The van der Waals surface area contributed by atoms with E-state index >= 15 is 0 Å². The van der Waals surface area contributed by atoms with Gasteiger partial charge in [-0.15, -0.1) is 0 Å². The standard InChI is InChI=1S/C21H26N4O3S/c1-13-5-6-15(8-14(13)2)21(27)23-20-17-11-29-12-18(17)24-25(20)10-19(26)22-9-16-4-3-7-28-16/h5-6,8,16H,3-4,7,9-12H2,1-2H3,(H,22,26)(H,23,27)/t16-/m1/s1. The number of amides is 2. The highest BCUT2D eigenvalue weighted by Crippen LogP contribution is 2.35. The lowest BCUT2D eigenvalue weighted by atomic mass is 10.1. The number of anilines is 1. The van der Waals surface area contributed by atoms with Gasteiger partial charge in [0.25, 0.3) is 5.91 Å². The Kier molecular flexibility index (Phi) is 5.91. The molecule has 0 aliphatic carbocycles. The minimum atomic E-state index is -0.186. The van der Waals surface area contributed by atoms with Crippen molar-refractivity contribution in [3.05, 3.63) is 46.1 Å². The largest absolute Gasteiger partial charge is 0.376 e. The first-order valence-electron chi connectivity index (χ1n) is 9.94. The minimum absolute atomic E-state index is 0.0763. The van der Waals surface area contributed by atoms with Gasteiger partial charge in [-0.1, -0.05) is 6.07 Å². The molecule has 3 heterocycles. The van der Waals surface area contributed by atoms with Gasteiger partial charge in [0.2, 0.25) is 5.91 Å². The number of hydrogen-bond donors (Lipinski definition) is 2. The Morgan fingerprint density at radius 1 is 1.28 bits per heavy atom. The molecule has 2 N–H and O–H groups in total. The van der Waals surface area contributed by atoms with Crippen LogP contribution in [0, 0.1) is 13.8 Å². The summed E-state index contributed by atoms with van der Waals surface area (Å²) in [5, 5.41) is 10.5. The molecule has 0 saturated carbocycles. The van der Waals surface area contributed by atoms with E-state index in [1.54, 1.807) is 16.4 Å². The van der Waals surface area contributed by atoms with Crippen molar-refractivity contribution in [2.75, 3.05) is 18.5 Å². The van der Waals surface area contributed by atoms with Crippen molar-refractivity contribution in [1.82, 2.24) is 15.1 Å². The fourth-order valence-electron chi connectivity index (χ4n) is 3.61. The maximum Gasteiger partial charge on any atom is 0.256 e. The van der Waals surface area contributed by atoms with E-state index in [-0.39, 0.29) is 24.5 Å². The van der Waals surface area contributed by atoms with Crippen LogP contribution in [0.1, 0.15) is 45.6 Å². The van der Waals surface area contributed by atoms with Gasteiger partial charge >= 0.3 is 0 Å². The molecule has 1 fully saturated rings. The third kappa shape index (κ3) is 4.48. The third-order valence-electron chi connectivity index (χ3n) is 5.46. The van der Waals surface area contributed by atoms with E-state index in [1.165, 1.54) is 0 Å². The second kappa shape index (κ2) is 8.59. The molecule has 0 spiro atoms. The fourth-order valence-corrected chi connectivity index (χ4v) is 4.64. The molecule has 1 atom stereocenters. The molecule has 2 aliphatic rings. The topological polar surface area (TPSA) is 85.2 Å². The normalized spacial score (nSPS) is 17.9. The van der Waals surface area contributed by atoms with Crippen molar-refractivity contribution in [1.29, 1.82) is 0 Å². The molecule has 2 aromatic rings. The number of aromatic nitrogens is 2. The van der Waals surface area contributed by atoms with Crippen LogP contribution in [0.2, 0.25) is 0 Å². The zero-order valence-electron chi connectivity index (χ0n) is 16.8. The lowest BCUT2D eigenvalue weighted by molar-refractivity contribution is -0.122. The van der Waals surface area contributed by atoms with Gasteiger partial charge in [-0.25, -0.2) is 4.68 Å². The molecule has 8 heteroatoms. The second-order valence-corrected chi connectivity index (χ2v) is 8.60. The Labute approximate surface area is 174 Å². The van der Waals surface area contributed by atoms with Crippen LogP contribution in [0.25, 0.3) is 0 Å². The van der Waals surface area contributed by atoms with Gasteiger partial charge in [0.15, 0.2) is 0 Å². The average molecular weight is 415 g/mol.